The maximum Gasteiger partial charge on any atom is 0.320 e. The van der Waals surface area contributed by atoms with Gasteiger partial charge >= 0.3 is 6.03 Å². The molecule has 1 saturated carbocycles. The minimum absolute atomic E-state index is 0.0650. The van der Waals surface area contributed by atoms with Gasteiger partial charge in [0.05, 0.1) is 19.3 Å². The third kappa shape index (κ3) is 24.7. The first-order valence-electron chi connectivity index (χ1n) is 17.6. The van der Waals surface area contributed by atoms with Crippen LogP contribution in [-0.4, -0.2) is 58.5 Å². The lowest BCUT2D eigenvalue weighted by atomic mass is 9.95. The number of ether oxygens (including phenoxy) is 1. The van der Waals surface area contributed by atoms with Crippen molar-refractivity contribution in [2.75, 3.05) is 19.0 Å². The van der Waals surface area contributed by atoms with Crippen LogP contribution in [-0.2, 0) is 22.7 Å². The molecule has 0 unspecified atom stereocenters. The van der Waals surface area contributed by atoms with Crippen LogP contribution in [0.2, 0.25) is 0 Å². The predicted octanol–water partition coefficient (Wildman–Crippen LogP) is 7.13. The van der Waals surface area contributed by atoms with E-state index in [0.717, 1.165) is 44.3 Å². The summed E-state index contributed by atoms with van der Waals surface area (Å²) in [4.78, 5) is 34.9. The summed E-state index contributed by atoms with van der Waals surface area (Å²) in [5.74, 6) is -0.787. The van der Waals surface area contributed by atoms with Gasteiger partial charge in [-0.2, -0.15) is 5.10 Å². The molecule has 50 heavy (non-hydrogen) atoms. The van der Waals surface area contributed by atoms with Crippen LogP contribution < -0.4 is 21.7 Å². The van der Waals surface area contributed by atoms with Crippen LogP contribution in [0.1, 0.15) is 114 Å². The number of carbonyl (C=O) groups is 3. The highest BCUT2D eigenvalue weighted by Crippen LogP contribution is 2.17. The number of rotatable bonds is 15. The number of terminal acetylenes is 1. The lowest BCUT2D eigenvalue weighted by Crippen LogP contribution is -2.38. The molecule has 0 bridgehead atoms. The van der Waals surface area contributed by atoms with Crippen LogP contribution in [0.5, 0.6) is 0 Å². The standard InChI is InChI=1S/C14H22N6O3.C12H24O.C7H8O.C4H8.C2H2/c1-16-14(23)18-11-7-10(13(15)22)20(19-11)8-12(21)17-9-5-3-2-4-6-9;1-4-7-10-12(9-6-3)13-11-8-5-2;8-6-7-4-2-1-3-5-7;1-3-4-2;1-2/h7,9H,2-6,8H2,1H3,(H2,15,22)(H,17,21)(H2,16,18,19,23);5,12H,2,4,6-11H2,1,3H3;1-5,8H,6H2;3-4H,1-2H3;1-2H/b;;;4-3-;/t;12-;;;/m.0.../s1. The lowest BCUT2D eigenvalue weighted by molar-refractivity contribution is -0.122. The molecule has 1 heterocycles. The van der Waals surface area contributed by atoms with Crippen molar-refractivity contribution in [3.8, 4) is 12.8 Å². The molecule has 280 valence electrons. The number of primary amides is 1. The van der Waals surface area contributed by atoms with Gasteiger partial charge in [-0.05, 0) is 51.5 Å². The third-order valence-corrected chi connectivity index (χ3v) is 7.29. The number of nitrogens with one attached hydrogen (secondary N) is 3. The van der Waals surface area contributed by atoms with Crippen LogP contribution >= 0.6 is 0 Å². The summed E-state index contributed by atoms with van der Waals surface area (Å²) >= 11 is 0. The minimum Gasteiger partial charge on any atom is -0.392 e. The summed E-state index contributed by atoms with van der Waals surface area (Å²) < 4.78 is 6.95. The smallest absolute Gasteiger partial charge is 0.320 e. The van der Waals surface area contributed by atoms with Gasteiger partial charge in [-0.3, -0.25) is 14.9 Å². The monoisotopic (exact) mass is 696 g/mol. The van der Waals surface area contributed by atoms with Gasteiger partial charge in [0.15, 0.2) is 5.82 Å². The van der Waals surface area contributed by atoms with Crippen molar-refractivity contribution in [2.45, 2.75) is 124 Å². The number of benzene rings is 1. The van der Waals surface area contributed by atoms with E-state index in [1.54, 1.807) is 0 Å². The van der Waals surface area contributed by atoms with Crippen LogP contribution in [0.25, 0.3) is 0 Å². The maximum absolute atomic E-state index is 12.1. The van der Waals surface area contributed by atoms with E-state index in [1.807, 2.05) is 62.4 Å². The number of hydrogen-bond donors (Lipinski definition) is 5. The van der Waals surface area contributed by atoms with Crippen molar-refractivity contribution in [3.63, 3.8) is 0 Å². The quantitative estimate of drug-likeness (QED) is 0.0757. The van der Waals surface area contributed by atoms with E-state index in [2.05, 4.69) is 54.3 Å². The number of nitrogens with two attached hydrogens (primary N) is 1. The molecule has 1 aromatic carbocycles. The number of aliphatic hydroxyl groups excluding tert-OH is 1. The van der Waals surface area contributed by atoms with E-state index in [0.29, 0.717) is 6.10 Å². The van der Waals surface area contributed by atoms with Gasteiger partial charge in [0.2, 0.25) is 5.91 Å². The van der Waals surface area contributed by atoms with Gasteiger partial charge in [-0.25, -0.2) is 9.48 Å². The number of allylic oxidation sites excluding steroid dienone is 2. The molecule has 0 saturated heterocycles. The van der Waals surface area contributed by atoms with Crippen LogP contribution in [0.4, 0.5) is 10.6 Å². The summed E-state index contributed by atoms with van der Waals surface area (Å²) in [5, 5.41) is 20.3. The number of unbranched alkanes of at least 4 members (excludes halogenated alkanes) is 1. The van der Waals surface area contributed by atoms with Crippen molar-refractivity contribution in [3.05, 3.63) is 72.5 Å². The average Bonchev–Trinajstić information content (AvgIpc) is 3.54. The third-order valence-electron chi connectivity index (χ3n) is 7.29. The largest absolute Gasteiger partial charge is 0.392 e. The van der Waals surface area contributed by atoms with E-state index in [4.69, 9.17) is 15.6 Å². The van der Waals surface area contributed by atoms with Crippen molar-refractivity contribution in [2.24, 2.45) is 5.73 Å². The Kier molecular flexibility index (Phi) is 31.6. The number of nitrogens with zero attached hydrogens (tertiary/aromatic N) is 2. The zero-order chi connectivity index (χ0) is 38.0. The molecule has 0 spiro atoms. The molecule has 1 aromatic heterocycles. The molecule has 0 radical (unpaired) electrons. The molecular weight excluding hydrogens is 632 g/mol. The summed E-state index contributed by atoms with van der Waals surface area (Å²) in [7, 11) is 1.46. The Morgan fingerprint density at radius 1 is 1.08 bits per heavy atom. The van der Waals surface area contributed by atoms with Crippen LogP contribution in [0.3, 0.4) is 0 Å². The molecule has 11 nitrogen and oxygen atoms in total. The summed E-state index contributed by atoms with van der Waals surface area (Å²) in [5.41, 5.74) is 6.32. The molecule has 11 heteroatoms. The second kappa shape index (κ2) is 33.1. The number of aromatic nitrogens is 2. The molecule has 1 atom stereocenters. The van der Waals surface area contributed by atoms with E-state index in [1.165, 1.54) is 56.3 Å². The average molecular weight is 697 g/mol. The first-order chi connectivity index (χ1) is 24.2. The van der Waals surface area contributed by atoms with E-state index in [9.17, 15) is 14.4 Å². The Balaban J connectivity index is 0. The first kappa shape index (κ1) is 47.7. The summed E-state index contributed by atoms with van der Waals surface area (Å²) in [6.45, 7) is 13.0. The normalized spacial score (nSPS) is 12.5. The fourth-order valence-corrected chi connectivity index (χ4v) is 4.60. The fraction of sp³-hybridized carbons (Fsp3) is 0.538. The first-order valence-corrected chi connectivity index (χ1v) is 17.6. The number of hydrogen-bond acceptors (Lipinski definition) is 6. The molecule has 4 amide bonds. The minimum atomic E-state index is -0.715. The maximum atomic E-state index is 12.1. The highest BCUT2D eigenvalue weighted by Gasteiger charge is 2.19. The Morgan fingerprint density at radius 2 is 1.72 bits per heavy atom. The van der Waals surface area contributed by atoms with Crippen molar-refractivity contribution >= 4 is 23.7 Å². The van der Waals surface area contributed by atoms with E-state index >= 15 is 0 Å². The zero-order valence-electron chi connectivity index (χ0n) is 31.2. The van der Waals surface area contributed by atoms with Gasteiger partial charge in [-0.15, -0.1) is 19.4 Å². The topological polar surface area (TPSA) is 161 Å². The molecule has 1 aliphatic carbocycles. The second-order valence-electron chi connectivity index (χ2n) is 11.4. The highest BCUT2D eigenvalue weighted by atomic mass is 16.5. The lowest BCUT2D eigenvalue weighted by Gasteiger charge is -2.22. The molecule has 3 rings (SSSR count). The van der Waals surface area contributed by atoms with Gasteiger partial charge in [-0.1, -0.05) is 101 Å². The molecule has 0 aliphatic heterocycles. The van der Waals surface area contributed by atoms with Crippen molar-refractivity contribution in [1.82, 2.24) is 20.4 Å². The van der Waals surface area contributed by atoms with Crippen LogP contribution in [0.15, 0.2) is 61.2 Å². The Hall–Kier alpha value is -4.40. The van der Waals surface area contributed by atoms with Crippen molar-refractivity contribution < 1.29 is 24.2 Å². The zero-order valence-corrected chi connectivity index (χ0v) is 31.2. The van der Waals surface area contributed by atoms with Gasteiger partial charge in [0, 0.05) is 19.2 Å². The molecular formula is C39H64N6O5. The van der Waals surface area contributed by atoms with Gasteiger partial charge in [0.1, 0.15) is 12.2 Å². The summed E-state index contributed by atoms with van der Waals surface area (Å²) in [6.07, 6.45) is 27.0. The SMILES string of the molecule is C#C.C/C=C\C.C=CCCO[C@@H](CCC)CCCC.CNC(=O)Nc1cc(C(N)=O)n(CC(=O)NC2CCCCC2)n1.OCc1ccccc1. The second-order valence-corrected chi connectivity index (χ2v) is 11.4. The molecule has 1 fully saturated rings. The van der Waals surface area contributed by atoms with Crippen molar-refractivity contribution in [1.29, 1.82) is 0 Å². The Labute approximate surface area is 301 Å². The molecule has 6 N–H and O–H groups in total. The predicted molar refractivity (Wildman–Crippen MR) is 206 cm³/mol. The van der Waals surface area contributed by atoms with Gasteiger partial charge in [0.25, 0.3) is 5.91 Å². The molecule has 2 aromatic rings. The van der Waals surface area contributed by atoms with E-state index in [-0.39, 0.29) is 36.6 Å². The number of amides is 4. The number of aliphatic hydroxyl groups is 1. The Bertz CT molecular complexity index is 1200. The van der Waals surface area contributed by atoms with E-state index < -0.39 is 11.9 Å². The van der Waals surface area contributed by atoms with Crippen LogP contribution in [0, 0.1) is 12.8 Å². The Morgan fingerprint density at radius 3 is 2.20 bits per heavy atom. The van der Waals surface area contributed by atoms with Gasteiger partial charge < -0.3 is 26.2 Å². The molecule has 1 aliphatic rings. The number of urea groups is 1. The number of carbonyl (C=O) groups excluding carboxylic acids is 3. The fourth-order valence-electron chi connectivity index (χ4n) is 4.60. The summed E-state index contributed by atoms with van der Waals surface area (Å²) in [6, 6.07) is 10.6. The number of anilines is 1. The highest BCUT2D eigenvalue weighted by molar-refractivity contribution is 5.94.